The quantitative estimate of drug-likeness (QED) is 0.0609. The molecule has 2 aromatic rings. The van der Waals surface area contributed by atoms with Gasteiger partial charge in [0.25, 0.3) is 0 Å². The van der Waals surface area contributed by atoms with Crippen molar-refractivity contribution in [2.75, 3.05) is 13.2 Å². The molecule has 0 bridgehead atoms. The summed E-state index contributed by atoms with van der Waals surface area (Å²) in [5.74, 6) is 4.27. The molecule has 2 aromatic carbocycles. The number of hydrogen-bond acceptors (Lipinski definition) is 9. The number of benzene rings is 2. The van der Waals surface area contributed by atoms with Gasteiger partial charge in [0.05, 0.1) is 29.6 Å². The molecule has 10 aliphatic carbocycles. The van der Waals surface area contributed by atoms with E-state index in [0.29, 0.717) is 85.8 Å². The van der Waals surface area contributed by atoms with E-state index in [-0.39, 0.29) is 115 Å². The van der Waals surface area contributed by atoms with Crippen molar-refractivity contribution in [2.24, 2.45) is 113 Å². The van der Waals surface area contributed by atoms with Crippen molar-refractivity contribution in [1.29, 1.82) is 0 Å². The van der Waals surface area contributed by atoms with Gasteiger partial charge < -0.3 is 40.5 Å². The number of ether oxygens (including phenoxy) is 1. The van der Waals surface area contributed by atoms with Gasteiger partial charge >= 0.3 is 62.4 Å². The first kappa shape index (κ1) is 80.8. The molecule has 0 aromatic heterocycles. The summed E-state index contributed by atoms with van der Waals surface area (Å²) in [4.78, 5) is 27.1. The minimum Gasteiger partial charge on any atom is -0.504 e. The molecule has 0 unspecified atom stereocenters. The smallest absolute Gasteiger partial charge is 0.157 e. The molecule has 0 amide bonds. The Balaban J connectivity index is 0.000000216. The minimum atomic E-state index is -0.557. The standard InChI is InChI=1S/C39H58O4.C30H48O3.C8H10O3.I3.I2.HI/c1-24-13-19-39(34(42)43-22-16-27-10-9-25(2)29(40)23-27)21-20-37(7)28(33(39)26(24)3)11-12-31-36(6)17-15-32(41)35(4,5)30(36)14-18-38(31,37)8;1-18-10-15-30(25(32)33)17-16-28(6)20(24(30)19(18)2)8-9-22-27(5)13-12-23(31)26(3,4)21(27)11-14-29(22,28)7;9-4-3-6-1-2-7(10)8(11)5-6;1-3-2;1-2;/h9-11,23-24,26,30-33,40-41H,12-22H2,1-8H3;8,18-19,21-24,31H,9-17H2,1-7H3,(H,32,33);1-2,5,9-11H,3-4H2;;;1H/q;;;-1;;/t24-,26+,30+,31-,32+,33+,36+,37-,38-,39+;18-,19+,21+,22-,23+,24+,27+,28-,29-,30+;;;;/m11..../s1. The number of aliphatic carboxylic acids is 1. The van der Waals surface area contributed by atoms with E-state index in [2.05, 4.69) is 184 Å². The van der Waals surface area contributed by atoms with E-state index < -0.39 is 16.8 Å². The second kappa shape index (κ2) is 30.8. The van der Waals surface area contributed by atoms with Crippen molar-refractivity contribution in [1.82, 2.24) is 0 Å². The van der Waals surface area contributed by atoms with E-state index in [1.54, 1.807) is 17.7 Å². The van der Waals surface area contributed by atoms with Gasteiger partial charge in [0.15, 0.2) is 11.5 Å². The average molecular weight is 1960 g/mol. The van der Waals surface area contributed by atoms with Gasteiger partial charge in [0.2, 0.25) is 0 Å². The summed E-state index contributed by atoms with van der Waals surface area (Å²) in [5, 5.41) is 69.0. The molecule has 0 spiro atoms. The maximum Gasteiger partial charge on any atom is 0.157 e. The Morgan fingerprint density at radius 3 is 1.41 bits per heavy atom. The molecule has 16 heteroatoms. The Labute approximate surface area is 630 Å². The van der Waals surface area contributed by atoms with Crippen LogP contribution in [-0.4, -0.2) is 73.1 Å². The molecular formula is C77H117I6O10-. The van der Waals surface area contributed by atoms with Crippen molar-refractivity contribution < 1.29 is 63.3 Å². The molecule has 0 radical (unpaired) electrons. The predicted molar refractivity (Wildman–Crippen MR) is 417 cm³/mol. The van der Waals surface area contributed by atoms with E-state index >= 15 is 0 Å². The number of rotatable bonds is 7. The first-order chi connectivity index (χ1) is 43.0. The normalized spacial score (nSPS) is 42.0. The van der Waals surface area contributed by atoms with Gasteiger partial charge in [-0.15, -0.1) is 24.0 Å². The van der Waals surface area contributed by atoms with Crippen LogP contribution in [0.5, 0.6) is 17.2 Å². The summed E-state index contributed by atoms with van der Waals surface area (Å²) in [5.41, 5.74) is 5.71. The Bertz CT molecular complexity index is 3030. The van der Waals surface area contributed by atoms with Gasteiger partial charge in [-0.2, -0.15) is 0 Å². The average Bonchev–Trinajstić information content (AvgIpc) is 0.683. The summed E-state index contributed by atoms with van der Waals surface area (Å²) in [6.45, 7) is 36.5. The van der Waals surface area contributed by atoms with Crippen LogP contribution in [0.4, 0.5) is 0 Å². The molecular weight excluding hydrogens is 1850 g/mol. The summed E-state index contributed by atoms with van der Waals surface area (Å²) < 4.78 is 6.19. The molecule has 0 aliphatic heterocycles. The third-order valence-corrected chi connectivity index (χ3v) is 30.1. The zero-order valence-corrected chi connectivity index (χ0v) is 71.9. The molecule has 12 rings (SSSR count). The van der Waals surface area contributed by atoms with Crippen LogP contribution in [0, 0.1) is 120 Å². The number of carboxylic acid groups (broad SMARTS) is 1. The molecule has 528 valence electrons. The molecule has 20 atom stereocenters. The molecule has 93 heavy (non-hydrogen) atoms. The predicted octanol–water partition coefficient (Wildman–Crippen LogP) is 17.7. The number of carbonyl (C=O) groups is 2. The fraction of sp³-hybridized carbons (Fsp3) is 0.766. The number of phenolic OH excluding ortho intramolecular Hbond substituents is 3. The second-order valence-corrected chi connectivity index (χ2v) is 50.3. The van der Waals surface area contributed by atoms with E-state index in [9.17, 15) is 30.0 Å². The van der Waals surface area contributed by atoms with Crippen LogP contribution >= 0.6 is 98.4 Å². The number of carboxylic acids is 1. The van der Waals surface area contributed by atoms with Gasteiger partial charge in [-0.3, -0.25) is 9.59 Å². The number of esters is 1. The third kappa shape index (κ3) is 13.9. The van der Waals surface area contributed by atoms with Gasteiger partial charge in [-0.1, -0.05) is 138 Å². The maximum absolute atomic E-state index is 14.3. The van der Waals surface area contributed by atoms with Crippen LogP contribution < -0.4 is 13.3 Å². The molecule has 0 saturated heterocycles. The number of hydrogen-bond donors (Lipinski definition) is 7. The number of aliphatic hydroxyl groups excluding tert-OH is 3. The summed E-state index contributed by atoms with van der Waals surface area (Å²) in [6, 6.07) is 10.2. The molecule has 8 saturated carbocycles. The van der Waals surface area contributed by atoms with E-state index in [1.165, 1.54) is 43.4 Å². The summed E-state index contributed by atoms with van der Waals surface area (Å²) >= 11 is 9.54. The van der Waals surface area contributed by atoms with Crippen LogP contribution in [0.25, 0.3) is 0 Å². The fourth-order valence-corrected chi connectivity index (χ4v) is 23.7. The molecule has 8 fully saturated rings. The van der Waals surface area contributed by atoms with Gasteiger partial charge in [-0.25, -0.2) is 0 Å². The Kier molecular flexibility index (Phi) is 26.8. The number of allylic oxidation sites excluding steroid dienone is 4. The van der Waals surface area contributed by atoms with Crippen LogP contribution in [-0.2, 0) is 27.2 Å². The van der Waals surface area contributed by atoms with Crippen LogP contribution in [0.3, 0.4) is 0 Å². The number of aryl methyl sites for hydroxylation is 1. The topological polar surface area (TPSA) is 185 Å². The Morgan fingerprint density at radius 1 is 0.548 bits per heavy atom. The first-order valence-electron chi connectivity index (χ1n) is 35.1. The van der Waals surface area contributed by atoms with E-state index in [4.69, 9.17) is 20.1 Å². The Hall–Kier alpha value is 0.520. The summed E-state index contributed by atoms with van der Waals surface area (Å²) in [6.07, 6.45) is 24.7. The van der Waals surface area contributed by atoms with Crippen molar-refractivity contribution in [3.8, 4) is 17.2 Å². The van der Waals surface area contributed by atoms with Gasteiger partial charge in [-0.05, 0) is 266 Å². The minimum absolute atomic E-state index is 0. The third-order valence-electron chi connectivity index (χ3n) is 30.1. The fourth-order valence-electron chi connectivity index (χ4n) is 23.7. The molecule has 0 heterocycles. The molecule has 10 nitrogen and oxygen atoms in total. The largest absolute Gasteiger partial charge is 0.504 e. The number of halogens is 6. The van der Waals surface area contributed by atoms with E-state index in [0.717, 1.165) is 107 Å². The second-order valence-electron chi connectivity index (χ2n) is 34.0. The van der Waals surface area contributed by atoms with Crippen molar-refractivity contribution in [3.05, 3.63) is 76.4 Å². The van der Waals surface area contributed by atoms with Crippen LogP contribution in [0.2, 0.25) is 0 Å². The zero-order valence-electron chi connectivity index (χ0n) is 58.8. The van der Waals surface area contributed by atoms with Gasteiger partial charge in [0.1, 0.15) is 5.75 Å². The SMILES string of the molecule is C[C@H]1[C@H](C)CC[C@]2(C(=O)O)CC[C@]3(C)C(=CC[C@@H]4[C@@]5(C)CC[C@H](O)C(C)(C)[C@@H]5CC[C@]43C)[C@H]12.Cc1ccc(CCOC(=O)[C@]23CC[C@@H](C)[C@H](C)[C@H]2C2=CC[C@@H]4[C@@]5(C)CC[C@H](O)C(C)(C)[C@@H]5CC[C@@]4(C)[C@]2(C)CC3)cc1O.I.II.I[I-]I.OCCc1ccc(O)c(O)c1. The number of phenols is 3. The number of aliphatic hydroxyl groups is 3. The van der Waals surface area contributed by atoms with Crippen molar-refractivity contribution >= 4 is 110 Å². The zero-order chi connectivity index (χ0) is 68.3. The number of carbonyl (C=O) groups excluding carboxylic acids is 1. The number of fused-ring (bicyclic) bond motifs is 14. The Morgan fingerprint density at radius 2 is 0.968 bits per heavy atom. The van der Waals surface area contributed by atoms with Crippen molar-refractivity contribution in [2.45, 2.75) is 244 Å². The van der Waals surface area contributed by atoms with E-state index in [1.807, 2.05) is 19.1 Å². The molecule has 10 aliphatic rings. The monoisotopic (exact) mass is 1960 g/mol. The molecule has 7 N–H and O–H groups in total. The van der Waals surface area contributed by atoms with Gasteiger partial charge in [0, 0.05) is 50.3 Å². The van der Waals surface area contributed by atoms with Crippen molar-refractivity contribution in [3.63, 3.8) is 0 Å². The first-order valence-corrected chi connectivity index (χ1v) is 54.0. The van der Waals surface area contributed by atoms with Crippen LogP contribution in [0.15, 0.2) is 59.7 Å². The number of aromatic hydroxyl groups is 3. The van der Waals surface area contributed by atoms with Crippen LogP contribution in [0.1, 0.15) is 229 Å². The summed E-state index contributed by atoms with van der Waals surface area (Å²) in [7, 11) is 0. The maximum atomic E-state index is 14.3.